The lowest BCUT2D eigenvalue weighted by atomic mass is 10.1. The Labute approximate surface area is 106 Å². The van der Waals surface area contributed by atoms with Crippen molar-refractivity contribution < 1.29 is 24.9 Å². The average molecular weight is 262 g/mol. The summed E-state index contributed by atoms with van der Waals surface area (Å²) in [5, 5.41) is 31.1. The average Bonchev–Trinajstić information content (AvgIpc) is 2.65. The summed E-state index contributed by atoms with van der Waals surface area (Å²) in [6.45, 7) is 4.34. The van der Waals surface area contributed by atoms with Gasteiger partial charge in [0, 0.05) is 0 Å². The fraction of sp³-hybridized carbons (Fsp3) is 0.818. The van der Waals surface area contributed by atoms with Crippen LogP contribution in [0.5, 0.6) is 0 Å². The highest BCUT2D eigenvalue weighted by Crippen LogP contribution is 2.05. The van der Waals surface area contributed by atoms with Crippen molar-refractivity contribution in [3.05, 3.63) is 0 Å². The SMILES string of the molecule is CN[C@H](C(=O)O)C(C)C.O=C(O)[C@H]1NCCC1O. The lowest BCUT2D eigenvalue weighted by molar-refractivity contribution is -0.141. The van der Waals surface area contributed by atoms with Crippen LogP contribution < -0.4 is 10.6 Å². The lowest BCUT2D eigenvalue weighted by Crippen LogP contribution is -2.38. The van der Waals surface area contributed by atoms with E-state index in [1.165, 1.54) is 0 Å². The molecule has 0 radical (unpaired) electrons. The molecule has 1 heterocycles. The van der Waals surface area contributed by atoms with Gasteiger partial charge >= 0.3 is 11.9 Å². The molecule has 0 saturated carbocycles. The molecule has 3 atom stereocenters. The highest BCUT2D eigenvalue weighted by molar-refractivity contribution is 5.74. The molecule has 0 aromatic heterocycles. The molecule has 1 unspecified atom stereocenters. The van der Waals surface area contributed by atoms with E-state index in [-0.39, 0.29) is 5.92 Å². The zero-order valence-corrected chi connectivity index (χ0v) is 10.9. The van der Waals surface area contributed by atoms with Crippen molar-refractivity contribution in [3.8, 4) is 0 Å². The summed E-state index contributed by atoms with van der Waals surface area (Å²) in [6, 6.07) is -1.16. The maximum atomic E-state index is 10.3. The van der Waals surface area contributed by atoms with Crippen LogP contribution in [0.15, 0.2) is 0 Å². The van der Waals surface area contributed by atoms with Crippen molar-refractivity contribution in [2.45, 2.75) is 38.5 Å². The topological polar surface area (TPSA) is 119 Å². The molecule has 18 heavy (non-hydrogen) atoms. The van der Waals surface area contributed by atoms with Crippen LogP contribution in [0, 0.1) is 5.92 Å². The van der Waals surface area contributed by atoms with Crippen LogP contribution in [-0.4, -0.2) is 59.0 Å². The zero-order chi connectivity index (χ0) is 14.3. The van der Waals surface area contributed by atoms with Gasteiger partial charge in [0.1, 0.15) is 12.1 Å². The first-order chi connectivity index (χ1) is 8.31. The maximum absolute atomic E-state index is 10.3. The number of carboxylic acid groups (broad SMARTS) is 2. The second-order valence-electron chi connectivity index (χ2n) is 4.47. The van der Waals surface area contributed by atoms with Crippen LogP contribution in [0.2, 0.25) is 0 Å². The first-order valence-electron chi connectivity index (χ1n) is 5.85. The van der Waals surface area contributed by atoms with Gasteiger partial charge in [0.15, 0.2) is 0 Å². The van der Waals surface area contributed by atoms with E-state index >= 15 is 0 Å². The van der Waals surface area contributed by atoms with Crippen LogP contribution in [0.4, 0.5) is 0 Å². The Morgan fingerprint density at radius 2 is 1.89 bits per heavy atom. The molecule has 0 amide bonds. The summed E-state index contributed by atoms with van der Waals surface area (Å²) in [4.78, 5) is 20.5. The Kier molecular flexibility index (Phi) is 7.49. The molecule has 5 N–H and O–H groups in total. The Morgan fingerprint density at radius 1 is 1.33 bits per heavy atom. The molecule has 7 nitrogen and oxygen atoms in total. The van der Waals surface area contributed by atoms with E-state index < -0.39 is 30.1 Å². The molecule has 0 bridgehead atoms. The van der Waals surface area contributed by atoms with Gasteiger partial charge in [-0.25, -0.2) is 0 Å². The monoisotopic (exact) mass is 262 g/mol. The number of hydrogen-bond donors (Lipinski definition) is 5. The number of carbonyl (C=O) groups is 2. The molecule has 0 aromatic carbocycles. The molecule has 1 rings (SSSR count). The highest BCUT2D eigenvalue weighted by atomic mass is 16.4. The number of nitrogens with one attached hydrogen (secondary N) is 2. The molecule has 0 spiro atoms. The van der Waals surface area contributed by atoms with Crippen LogP contribution >= 0.6 is 0 Å². The Hall–Kier alpha value is -1.18. The minimum Gasteiger partial charge on any atom is -0.480 e. The lowest BCUT2D eigenvalue weighted by Gasteiger charge is -2.13. The Morgan fingerprint density at radius 3 is 2.00 bits per heavy atom. The summed E-state index contributed by atoms with van der Waals surface area (Å²) in [7, 11) is 1.65. The van der Waals surface area contributed by atoms with Crippen LogP contribution in [0.3, 0.4) is 0 Å². The van der Waals surface area contributed by atoms with Crippen LogP contribution in [0.25, 0.3) is 0 Å². The van der Waals surface area contributed by atoms with Crippen molar-refractivity contribution >= 4 is 11.9 Å². The second-order valence-corrected chi connectivity index (χ2v) is 4.47. The van der Waals surface area contributed by atoms with Gasteiger partial charge in [-0.3, -0.25) is 9.59 Å². The van der Waals surface area contributed by atoms with Gasteiger partial charge in [-0.05, 0) is 25.9 Å². The van der Waals surface area contributed by atoms with E-state index in [1.54, 1.807) is 7.05 Å². The molecule has 1 aliphatic heterocycles. The van der Waals surface area contributed by atoms with Crippen molar-refractivity contribution in [1.29, 1.82) is 0 Å². The number of rotatable bonds is 4. The number of carboxylic acids is 2. The standard InChI is InChI=1S/C6H13NO2.C5H9NO3/c1-4(2)5(7-3)6(8)9;7-3-1-2-6-4(3)5(8)9/h4-5,7H,1-3H3,(H,8,9);3-4,6-7H,1-2H2,(H,8,9)/t5-;3?,4-/m00/s1. The minimum atomic E-state index is -0.972. The molecule has 0 aliphatic carbocycles. The van der Waals surface area contributed by atoms with Crippen LogP contribution in [0.1, 0.15) is 20.3 Å². The van der Waals surface area contributed by atoms with Gasteiger partial charge in [0.05, 0.1) is 6.10 Å². The summed E-state index contributed by atoms with van der Waals surface area (Å²) < 4.78 is 0. The van der Waals surface area contributed by atoms with E-state index in [2.05, 4.69) is 10.6 Å². The van der Waals surface area contributed by atoms with Crippen molar-refractivity contribution in [1.82, 2.24) is 10.6 Å². The Bertz CT molecular complexity index is 271. The zero-order valence-electron chi connectivity index (χ0n) is 10.9. The minimum absolute atomic E-state index is 0.146. The first-order valence-corrected chi connectivity index (χ1v) is 5.85. The van der Waals surface area contributed by atoms with E-state index in [0.717, 1.165) is 0 Å². The van der Waals surface area contributed by atoms with Gasteiger partial charge in [-0.2, -0.15) is 0 Å². The second kappa shape index (κ2) is 8.02. The normalized spacial score (nSPS) is 24.3. The fourth-order valence-electron chi connectivity index (χ4n) is 1.68. The summed E-state index contributed by atoms with van der Waals surface area (Å²) in [6.07, 6.45) is -0.167. The molecule has 7 heteroatoms. The third kappa shape index (κ3) is 5.44. The van der Waals surface area contributed by atoms with Crippen LogP contribution in [-0.2, 0) is 9.59 Å². The number of aliphatic carboxylic acids is 2. The quantitative estimate of drug-likeness (QED) is 0.446. The van der Waals surface area contributed by atoms with Crippen molar-refractivity contribution in [2.75, 3.05) is 13.6 Å². The predicted octanol–water partition coefficient (Wildman–Crippen LogP) is -0.891. The largest absolute Gasteiger partial charge is 0.480 e. The van der Waals surface area contributed by atoms with E-state index in [1.807, 2.05) is 13.8 Å². The fourth-order valence-corrected chi connectivity index (χ4v) is 1.68. The molecule has 1 fully saturated rings. The van der Waals surface area contributed by atoms with Gasteiger partial charge in [-0.1, -0.05) is 13.8 Å². The first kappa shape index (κ1) is 16.8. The predicted molar refractivity (Wildman–Crippen MR) is 65.4 cm³/mol. The molecule has 106 valence electrons. The summed E-state index contributed by atoms with van der Waals surface area (Å²) >= 11 is 0. The van der Waals surface area contributed by atoms with E-state index in [9.17, 15) is 9.59 Å². The van der Waals surface area contributed by atoms with Gasteiger partial charge in [-0.15, -0.1) is 0 Å². The van der Waals surface area contributed by atoms with Crippen molar-refractivity contribution in [2.24, 2.45) is 5.92 Å². The van der Waals surface area contributed by atoms with Gasteiger partial charge in [0.25, 0.3) is 0 Å². The molecular formula is C11H22N2O5. The molecular weight excluding hydrogens is 240 g/mol. The number of aliphatic hydroxyl groups is 1. The Balaban J connectivity index is 0.000000321. The summed E-state index contributed by atoms with van der Waals surface area (Å²) in [5.41, 5.74) is 0. The highest BCUT2D eigenvalue weighted by Gasteiger charge is 2.30. The van der Waals surface area contributed by atoms with Gasteiger partial charge < -0.3 is 26.0 Å². The summed E-state index contributed by atoms with van der Waals surface area (Å²) in [5.74, 6) is -1.61. The number of likely N-dealkylation sites (N-methyl/N-ethyl adjacent to an activating group) is 1. The van der Waals surface area contributed by atoms with E-state index in [0.29, 0.717) is 13.0 Å². The van der Waals surface area contributed by atoms with Gasteiger partial charge in [0.2, 0.25) is 0 Å². The van der Waals surface area contributed by atoms with E-state index in [4.69, 9.17) is 15.3 Å². The molecule has 1 aliphatic rings. The third-order valence-electron chi connectivity index (χ3n) is 2.70. The number of hydrogen-bond acceptors (Lipinski definition) is 5. The third-order valence-corrected chi connectivity index (χ3v) is 2.70. The molecule has 1 saturated heterocycles. The number of aliphatic hydroxyl groups excluding tert-OH is 1. The smallest absolute Gasteiger partial charge is 0.323 e. The molecule has 0 aromatic rings. The maximum Gasteiger partial charge on any atom is 0.323 e. The van der Waals surface area contributed by atoms with Crippen molar-refractivity contribution in [3.63, 3.8) is 0 Å².